The quantitative estimate of drug-likeness (QED) is 0.674. The largest absolute Gasteiger partial charge is 0.477 e. The Morgan fingerprint density at radius 2 is 1.74 bits per heavy atom. The summed E-state index contributed by atoms with van der Waals surface area (Å²) in [6.45, 7) is 0. The molecular formula is C14H8F3NO5. The van der Waals surface area contributed by atoms with Gasteiger partial charge in [-0.15, -0.1) is 0 Å². The number of carbonyl (C=O) groups is 1. The topological polar surface area (TPSA) is 89.7 Å². The minimum atomic E-state index is -4.95. The summed E-state index contributed by atoms with van der Waals surface area (Å²) in [7, 11) is 0. The fraction of sp³-hybridized carbons (Fsp3) is 0.0714. The molecule has 0 atom stereocenters. The Bertz CT molecular complexity index is 759. The Kier molecular flexibility index (Phi) is 4.21. The number of ether oxygens (including phenoxy) is 1. The second-order valence-corrected chi connectivity index (χ2v) is 4.31. The SMILES string of the molecule is O=C(O)c1ccc(C(F)(F)F)c(Oc2ccccc2)c1[N+](=O)[O-]. The first-order valence-corrected chi connectivity index (χ1v) is 6.06. The van der Waals surface area contributed by atoms with Gasteiger partial charge in [-0.3, -0.25) is 10.1 Å². The van der Waals surface area contributed by atoms with Crippen molar-refractivity contribution in [3.8, 4) is 11.5 Å². The third-order valence-electron chi connectivity index (χ3n) is 2.81. The van der Waals surface area contributed by atoms with E-state index >= 15 is 0 Å². The average Bonchev–Trinajstić information content (AvgIpc) is 2.46. The van der Waals surface area contributed by atoms with Gasteiger partial charge in [-0.1, -0.05) is 18.2 Å². The Morgan fingerprint density at radius 3 is 2.22 bits per heavy atom. The van der Waals surface area contributed by atoms with E-state index < -0.39 is 39.6 Å². The van der Waals surface area contributed by atoms with Gasteiger partial charge in [0.25, 0.3) is 0 Å². The number of carboxylic acid groups (broad SMARTS) is 1. The fourth-order valence-electron chi connectivity index (χ4n) is 1.86. The van der Waals surface area contributed by atoms with Crippen molar-refractivity contribution in [2.45, 2.75) is 6.18 Å². The molecule has 0 spiro atoms. The number of carboxylic acids is 1. The highest BCUT2D eigenvalue weighted by atomic mass is 19.4. The van der Waals surface area contributed by atoms with Gasteiger partial charge in [-0.2, -0.15) is 13.2 Å². The van der Waals surface area contributed by atoms with Crippen LogP contribution in [-0.2, 0) is 6.18 Å². The van der Waals surface area contributed by atoms with E-state index in [0.29, 0.717) is 12.1 Å². The lowest BCUT2D eigenvalue weighted by Crippen LogP contribution is -2.12. The number of hydrogen-bond donors (Lipinski definition) is 1. The van der Waals surface area contributed by atoms with Crippen molar-refractivity contribution in [1.29, 1.82) is 0 Å². The van der Waals surface area contributed by atoms with Crippen LogP contribution < -0.4 is 4.74 Å². The number of halogens is 3. The van der Waals surface area contributed by atoms with E-state index in [1.165, 1.54) is 24.3 Å². The van der Waals surface area contributed by atoms with Crippen LogP contribution in [0.4, 0.5) is 18.9 Å². The lowest BCUT2D eigenvalue weighted by atomic mass is 10.1. The molecule has 2 aromatic carbocycles. The normalized spacial score (nSPS) is 11.1. The van der Waals surface area contributed by atoms with Crippen molar-refractivity contribution in [2.75, 3.05) is 0 Å². The van der Waals surface area contributed by atoms with Crippen molar-refractivity contribution < 1.29 is 32.7 Å². The maximum absolute atomic E-state index is 13.1. The summed E-state index contributed by atoms with van der Waals surface area (Å²) in [5.74, 6) is -2.99. The third kappa shape index (κ3) is 3.39. The maximum atomic E-state index is 13.1. The molecular weight excluding hydrogens is 319 g/mol. The first-order chi connectivity index (χ1) is 10.7. The summed E-state index contributed by atoms with van der Waals surface area (Å²) in [6, 6.07) is 8.02. The van der Waals surface area contributed by atoms with Crippen LogP contribution in [-0.4, -0.2) is 16.0 Å². The van der Waals surface area contributed by atoms with E-state index in [2.05, 4.69) is 0 Å². The number of alkyl halides is 3. The molecule has 0 fully saturated rings. The van der Waals surface area contributed by atoms with Crippen LogP contribution in [0, 0.1) is 10.1 Å². The first-order valence-electron chi connectivity index (χ1n) is 6.06. The van der Waals surface area contributed by atoms with Crippen LogP contribution in [0.25, 0.3) is 0 Å². The van der Waals surface area contributed by atoms with Crippen LogP contribution in [0.1, 0.15) is 15.9 Å². The molecule has 0 aliphatic rings. The molecule has 23 heavy (non-hydrogen) atoms. The van der Waals surface area contributed by atoms with Crippen molar-refractivity contribution in [2.24, 2.45) is 0 Å². The maximum Gasteiger partial charge on any atom is 0.420 e. The number of nitro groups is 1. The summed E-state index contributed by atoms with van der Waals surface area (Å²) in [5, 5.41) is 20.1. The van der Waals surface area contributed by atoms with Crippen LogP contribution >= 0.6 is 0 Å². The van der Waals surface area contributed by atoms with Crippen molar-refractivity contribution in [3.05, 3.63) is 63.7 Å². The van der Waals surface area contributed by atoms with Crippen LogP contribution in [0.5, 0.6) is 11.5 Å². The zero-order valence-electron chi connectivity index (χ0n) is 11.2. The lowest BCUT2D eigenvalue weighted by Gasteiger charge is -2.14. The van der Waals surface area contributed by atoms with E-state index in [1.54, 1.807) is 6.07 Å². The van der Waals surface area contributed by atoms with Gasteiger partial charge in [0.1, 0.15) is 16.9 Å². The molecule has 0 aliphatic heterocycles. The number of hydrogen-bond acceptors (Lipinski definition) is 4. The lowest BCUT2D eigenvalue weighted by molar-refractivity contribution is -0.386. The molecule has 2 rings (SSSR count). The van der Waals surface area contributed by atoms with Crippen LogP contribution in [0.3, 0.4) is 0 Å². The van der Waals surface area contributed by atoms with Crippen molar-refractivity contribution >= 4 is 11.7 Å². The smallest absolute Gasteiger partial charge is 0.420 e. The standard InChI is InChI=1S/C14H8F3NO5/c15-14(16,17)10-7-6-9(13(19)20)11(18(21)22)12(10)23-8-4-2-1-3-5-8/h1-7H,(H,19,20). The van der Waals surface area contributed by atoms with Crippen molar-refractivity contribution in [3.63, 3.8) is 0 Å². The van der Waals surface area contributed by atoms with E-state index in [0.717, 1.165) is 0 Å². The van der Waals surface area contributed by atoms with E-state index in [1.807, 2.05) is 0 Å². The highest BCUT2D eigenvalue weighted by molar-refractivity contribution is 5.94. The van der Waals surface area contributed by atoms with Crippen LogP contribution in [0.15, 0.2) is 42.5 Å². The van der Waals surface area contributed by atoms with Gasteiger partial charge in [0, 0.05) is 0 Å². The fourth-order valence-corrected chi connectivity index (χ4v) is 1.86. The van der Waals surface area contributed by atoms with Gasteiger partial charge in [-0.05, 0) is 24.3 Å². The molecule has 0 bridgehead atoms. The van der Waals surface area contributed by atoms with E-state index in [4.69, 9.17) is 9.84 Å². The molecule has 0 heterocycles. The summed E-state index contributed by atoms with van der Waals surface area (Å²) in [4.78, 5) is 21.0. The summed E-state index contributed by atoms with van der Waals surface area (Å²) >= 11 is 0. The Labute approximate surface area is 126 Å². The van der Waals surface area contributed by atoms with Gasteiger partial charge in [0.2, 0.25) is 5.75 Å². The monoisotopic (exact) mass is 327 g/mol. The minimum absolute atomic E-state index is 0.0939. The summed E-state index contributed by atoms with van der Waals surface area (Å²) < 4.78 is 44.2. The third-order valence-corrected chi connectivity index (χ3v) is 2.81. The molecule has 0 aliphatic carbocycles. The number of benzene rings is 2. The Hall–Kier alpha value is -3.10. The molecule has 6 nitrogen and oxygen atoms in total. The molecule has 0 amide bonds. The predicted molar refractivity (Wildman–Crippen MR) is 71.6 cm³/mol. The number of nitrogens with zero attached hydrogens (tertiary/aromatic N) is 1. The second kappa shape index (κ2) is 5.95. The number of rotatable bonds is 4. The number of nitro benzene ring substituents is 1. The van der Waals surface area contributed by atoms with E-state index in [9.17, 15) is 28.1 Å². The first kappa shape index (κ1) is 16.3. The summed E-state index contributed by atoms with van der Waals surface area (Å²) in [5.41, 5.74) is -3.58. The van der Waals surface area contributed by atoms with Gasteiger partial charge >= 0.3 is 17.8 Å². The molecule has 0 unspecified atom stereocenters. The highest BCUT2D eigenvalue weighted by Crippen LogP contribution is 2.45. The van der Waals surface area contributed by atoms with Gasteiger partial charge in [0.15, 0.2) is 0 Å². The average molecular weight is 327 g/mol. The van der Waals surface area contributed by atoms with E-state index in [-0.39, 0.29) is 5.75 Å². The molecule has 0 radical (unpaired) electrons. The molecule has 0 saturated carbocycles. The van der Waals surface area contributed by atoms with Crippen LogP contribution in [0.2, 0.25) is 0 Å². The van der Waals surface area contributed by atoms with Gasteiger partial charge in [0.05, 0.1) is 4.92 Å². The Morgan fingerprint density at radius 1 is 1.13 bits per heavy atom. The number of aromatic carboxylic acids is 1. The molecule has 0 saturated heterocycles. The highest BCUT2D eigenvalue weighted by Gasteiger charge is 2.40. The minimum Gasteiger partial charge on any atom is -0.477 e. The Balaban J connectivity index is 2.74. The summed E-state index contributed by atoms with van der Waals surface area (Å²) in [6.07, 6.45) is -4.95. The zero-order valence-corrected chi connectivity index (χ0v) is 11.2. The second-order valence-electron chi connectivity index (χ2n) is 4.31. The van der Waals surface area contributed by atoms with Gasteiger partial charge < -0.3 is 9.84 Å². The zero-order chi connectivity index (χ0) is 17.2. The molecule has 1 N–H and O–H groups in total. The predicted octanol–water partition coefficient (Wildman–Crippen LogP) is 4.10. The number of para-hydroxylation sites is 1. The molecule has 2 aromatic rings. The molecule has 0 aromatic heterocycles. The molecule has 9 heteroatoms. The van der Waals surface area contributed by atoms with Gasteiger partial charge in [-0.25, -0.2) is 4.79 Å². The van der Waals surface area contributed by atoms with Crippen molar-refractivity contribution in [1.82, 2.24) is 0 Å². The molecule has 120 valence electrons.